The molecule has 0 fully saturated rings. The summed E-state index contributed by atoms with van der Waals surface area (Å²) in [4.78, 5) is 0. The zero-order valence-corrected chi connectivity index (χ0v) is 10.0. The summed E-state index contributed by atoms with van der Waals surface area (Å²) in [6.07, 6.45) is 4.98. The molecule has 5 nitrogen and oxygen atoms in total. The van der Waals surface area contributed by atoms with Crippen LogP contribution in [0.5, 0.6) is 0 Å². The van der Waals surface area contributed by atoms with Gasteiger partial charge in [0.2, 0.25) is 11.6 Å². The Labute approximate surface area is 95.3 Å². The molecule has 0 amide bonds. The first-order chi connectivity index (χ1) is 7.62. The number of methoxy groups -OCH3 is 4. The Bertz CT molecular complexity index is 287. The normalized spacial score (nSPS) is 21.9. The number of aliphatic hydroxyl groups is 1. The molecular formula is C11H18O5. The van der Waals surface area contributed by atoms with E-state index < -0.39 is 11.6 Å². The summed E-state index contributed by atoms with van der Waals surface area (Å²) < 4.78 is 21.0. The van der Waals surface area contributed by atoms with Gasteiger partial charge in [0.1, 0.15) is 0 Å². The standard InChI is InChI=1S/C11H18O5/c1-13-10(14-2)5-6-11(15-3,16-4)9(7-10)8-12/h5-7,12H,8H2,1-4H3. The van der Waals surface area contributed by atoms with Crippen molar-refractivity contribution in [3.05, 3.63) is 23.8 Å². The molecular weight excluding hydrogens is 212 g/mol. The fourth-order valence-corrected chi connectivity index (χ4v) is 1.70. The molecule has 0 aromatic carbocycles. The second kappa shape index (κ2) is 5.07. The minimum absolute atomic E-state index is 0.208. The molecule has 0 spiro atoms. The summed E-state index contributed by atoms with van der Waals surface area (Å²) in [6, 6.07) is 0. The van der Waals surface area contributed by atoms with Gasteiger partial charge in [-0.1, -0.05) is 0 Å². The van der Waals surface area contributed by atoms with E-state index in [4.69, 9.17) is 18.9 Å². The van der Waals surface area contributed by atoms with Gasteiger partial charge in [-0.3, -0.25) is 0 Å². The van der Waals surface area contributed by atoms with E-state index in [-0.39, 0.29) is 6.61 Å². The Kier molecular flexibility index (Phi) is 4.23. The molecule has 0 saturated heterocycles. The molecule has 0 aromatic heterocycles. The zero-order valence-electron chi connectivity index (χ0n) is 10.0. The summed E-state index contributed by atoms with van der Waals surface area (Å²) in [7, 11) is 6.05. The van der Waals surface area contributed by atoms with Crippen molar-refractivity contribution in [2.75, 3.05) is 35.0 Å². The fraction of sp³-hybridized carbons (Fsp3) is 0.636. The Morgan fingerprint density at radius 3 is 1.94 bits per heavy atom. The lowest BCUT2D eigenvalue weighted by Crippen LogP contribution is -2.43. The SMILES string of the molecule is COC1(OC)C=CC(OC)(OC)C(CO)=C1. The minimum atomic E-state index is -1.05. The van der Waals surface area contributed by atoms with E-state index in [1.807, 2.05) is 0 Å². The highest BCUT2D eigenvalue weighted by atomic mass is 16.7. The van der Waals surface area contributed by atoms with E-state index in [0.29, 0.717) is 5.57 Å². The maximum Gasteiger partial charge on any atom is 0.213 e. The Hall–Kier alpha value is -0.720. The summed E-state index contributed by atoms with van der Waals surface area (Å²) in [5, 5.41) is 9.34. The summed E-state index contributed by atoms with van der Waals surface area (Å²) in [6.45, 7) is -0.208. The van der Waals surface area contributed by atoms with Crippen molar-refractivity contribution in [1.29, 1.82) is 0 Å². The monoisotopic (exact) mass is 230 g/mol. The third kappa shape index (κ3) is 2.05. The molecule has 92 valence electrons. The summed E-state index contributed by atoms with van der Waals surface area (Å²) >= 11 is 0. The van der Waals surface area contributed by atoms with Gasteiger partial charge in [0.05, 0.1) is 6.61 Å². The molecule has 1 aliphatic rings. The van der Waals surface area contributed by atoms with Crippen LogP contribution in [0, 0.1) is 0 Å². The second-order valence-electron chi connectivity index (χ2n) is 3.37. The van der Waals surface area contributed by atoms with Crippen LogP contribution >= 0.6 is 0 Å². The highest BCUT2D eigenvalue weighted by molar-refractivity contribution is 5.33. The molecule has 0 unspecified atom stereocenters. The third-order valence-electron chi connectivity index (χ3n) is 2.77. The van der Waals surface area contributed by atoms with E-state index in [1.54, 1.807) is 18.2 Å². The number of rotatable bonds is 5. The smallest absolute Gasteiger partial charge is 0.213 e. The summed E-state index contributed by atoms with van der Waals surface area (Å²) in [5.41, 5.74) is 0.531. The largest absolute Gasteiger partial charge is 0.392 e. The van der Waals surface area contributed by atoms with Crippen LogP contribution in [0.25, 0.3) is 0 Å². The lowest BCUT2D eigenvalue weighted by Gasteiger charge is -2.37. The lowest BCUT2D eigenvalue weighted by molar-refractivity contribution is -0.169. The predicted molar refractivity (Wildman–Crippen MR) is 57.8 cm³/mol. The quantitative estimate of drug-likeness (QED) is 0.549. The van der Waals surface area contributed by atoms with Crippen LogP contribution in [0.4, 0.5) is 0 Å². The van der Waals surface area contributed by atoms with Crippen molar-refractivity contribution in [3.8, 4) is 0 Å². The maximum absolute atomic E-state index is 9.34. The van der Waals surface area contributed by atoms with Crippen molar-refractivity contribution >= 4 is 0 Å². The minimum Gasteiger partial charge on any atom is -0.392 e. The Morgan fingerprint density at radius 2 is 1.56 bits per heavy atom. The Balaban J connectivity index is 3.13. The van der Waals surface area contributed by atoms with Crippen molar-refractivity contribution in [3.63, 3.8) is 0 Å². The average molecular weight is 230 g/mol. The lowest BCUT2D eigenvalue weighted by atomic mass is 9.96. The summed E-state index contributed by atoms with van der Waals surface area (Å²) in [5.74, 6) is -2.02. The number of hydrogen-bond acceptors (Lipinski definition) is 5. The van der Waals surface area contributed by atoms with E-state index in [2.05, 4.69) is 0 Å². The topological polar surface area (TPSA) is 57.2 Å². The van der Waals surface area contributed by atoms with Crippen LogP contribution in [0.3, 0.4) is 0 Å². The van der Waals surface area contributed by atoms with E-state index in [9.17, 15) is 5.11 Å². The molecule has 1 rings (SSSR count). The first kappa shape index (κ1) is 13.3. The van der Waals surface area contributed by atoms with Gasteiger partial charge < -0.3 is 24.1 Å². The zero-order chi connectivity index (χ0) is 12.2. The number of aliphatic hydroxyl groups excluding tert-OH is 1. The van der Waals surface area contributed by atoms with Crippen molar-refractivity contribution < 1.29 is 24.1 Å². The van der Waals surface area contributed by atoms with Gasteiger partial charge in [0.15, 0.2) is 0 Å². The van der Waals surface area contributed by atoms with Crippen LogP contribution in [0.1, 0.15) is 0 Å². The molecule has 1 aliphatic carbocycles. The van der Waals surface area contributed by atoms with Gasteiger partial charge in [-0.05, 0) is 18.2 Å². The van der Waals surface area contributed by atoms with E-state index >= 15 is 0 Å². The predicted octanol–water partition coefficient (Wildman–Crippen LogP) is 0.453. The van der Waals surface area contributed by atoms with E-state index in [0.717, 1.165) is 0 Å². The fourth-order valence-electron chi connectivity index (χ4n) is 1.70. The number of ether oxygens (including phenoxy) is 4. The molecule has 0 aliphatic heterocycles. The highest BCUT2D eigenvalue weighted by Gasteiger charge is 2.40. The van der Waals surface area contributed by atoms with E-state index in [1.165, 1.54) is 28.4 Å². The van der Waals surface area contributed by atoms with Crippen LogP contribution in [0.2, 0.25) is 0 Å². The Morgan fingerprint density at radius 1 is 1.00 bits per heavy atom. The van der Waals surface area contributed by atoms with Gasteiger partial charge in [0, 0.05) is 34.0 Å². The third-order valence-corrected chi connectivity index (χ3v) is 2.77. The second-order valence-corrected chi connectivity index (χ2v) is 3.37. The first-order valence-electron chi connectivity index (χ1n) is 4.86. The van der Waals surface area contributed by atoms with Crippen molar-refractivity contribution in [2.45, 2.75) is 11.6 Å². The molecule has 16 heavy (non-hydrogen) atoms. The first-order valence-corrected chi connectivity index (χ1v) is 4.86. The van der Waals surface area contributed by atoms with Gasteiger partial charge >= 0.3 is 0 Å². The molecule has 0 saturated carbocycles. The van der Waals surface area contributed by atoms with Gasteiger partial charge in [0.25, 0.3) is 0 Å². The van der Waals surface area contributed by atoms with Crippen molar-refractivity contribution in [1.82, 2.24) is 0 Å². The molecule has 0 radical (unpaired) electrons. The van der Waals surface area contributed by atoms with Crippen LogP contribution in [0.15, 0.2) is 23.8 Å². The number of hydrogen-bond donors (Lipinski definition) is 1. The van der Waals surface area contributed by atoms with Crippen LogP contribution in [-0.2, 0) is 18.9 Å². The molecule has 0 atom stereocenters. The van der Waals surface area contributed by atoms with Gasteiger partial charge in [-0.2, -0.15) is 0 Å². The molecule has 0 heterocycles. The van der Waals surface area contributed by atoms with Crippen LogP contribution < -0.4 is 0 Å². The average Bonchev–Trinajstić information content (AvgIpc) is 2.38. The molecule has 1 N–H and O–H groups in total. The maximum atomic E-state index is 9.34. The van der Waals surface area contributed by atoms with Gasteiger partial charge in [-0.15, -0.1) is 0 Å². The van der Waals surface area contributed by atoms with Crippen molar-refractivity contribution in [2.24, 2.45) is 0 Å². The highest BCUT2D eigenvalue weighted by Crippen LogP contribution is 2.33. The van der Waals surface area contributed by atoms with Gasteiger partial charge in [-0.25, -0.2) is 0 Å². The molecule has 0 aromatic rings. The van der Waals surface area contributed by atoms with Crippen LogP contribution in [-0.4, -0.2) is 51.7 Å². The molecule has 0 bridgehead atoms. The molecule has 5 heteroatoms.